The molecular formula is C16H14O3. The van der Waals surface area contributed by atoms with Gasteiger partial charge >= 0.3 is 0 Å². The Morgan fingerprint density at radius 1 is 1.16 bits per heavy atom. The lowest BCUT2D eigenvalue weighted by Gasteiger charge is -2.03. The zero-order valence-corrected chi connectivity index (χ0v) is 10.5. The minimum atomic E-state index is -0.165. The van der Waals surface area contributed by atoms with E-state index in [4.69, 9.17) is 4.74 Å². The van der Waals surface area contributed by atoms with Crippen LogP contribution >= 0.6 is 0 Å². The van der Waals surface area contributed by atoms with Crippen molar-refractivity contribution in [1.82, 2.24) is 0 Å². The van der Waals surface area contributed by atoms with Crippen LogP contribution in [0.15, 0.2) is 54.6 Å². The second-order valence-corrected chi connectivity index (χ2v) is 3.99. The van der Waals surface area contributed by atoms with Crippen LogP contribution in [0.3, 0.4) is 0 Å². The van der Waals surface area contributed by atoms with E-state index in [-0.39, 0.29) is 11.5 Å². The molecule has 3 nitrogen and oxygen atoms in total. The summed E-state index contributed by atoms with van der Waals surface area (Å²) in [7, 11) is 1.46. The molecule has 0 amide bonds. The normalized spacial score (nSPS) is 10.6. The molecule has 0 aliphatic rings. The van der Waals surface area contributed by atoms with Crippen molar-refractivity contribution in [3.63, 3.8) is 0 Å². The number of carbonyl (C=O) groups excluding carboxylic acids is 1. The number of aromatic hydroxyl groups is 1. The number of phenolic OH excluding ortho intramolecular Hbond substituents is 1. The molecule has 0 radical (unpaired) electrons. The number of carbonyl (C=O) groups is 1. The maximum Gasteiger partial charge on any atom is 0.185 e. The number of methoxy groups -OCH3 is 1. The van der Waals surface area contributed by atoms with Gasteiger partial charge in [0.2, 0.25) is 0 Å². The van der Waals surface area contributed by atoms with Crippen LogP contribution in [0.1, 0.15) is 15.9 Å². The van der Waals surface area contributed by atoms with E-state index in [1.54, 1.807) is 18.2 Å². The Morgan fingerprint density at radius 2 is 1.89 bits per heavy atom. The van der Waals surface area contributed by atoms with Crippen molar-refractivity contribution in [2.24, 2.45) is 0 Å². The van der Waals surface area contributed by atoms with Gasteiger partial charge in [0.1, 0.15) is 0 Å². The smallest absolute Gasteiger partial charge is 0.185 e. The van der Waals surface area contributed by atoms with Crippen LogP contribution in [0, 0.1) is 0 Å². The first kappa shape index (κ1) is 12.9. The maximum absolute atomic E-state index is 11.9. The number of ether oxygens (including phenoxy) is 1. The molecule has 0 bridgehead atoms. The fourth-order valence-corrected chi connectivity index (χ4v) is 1.68. The van der Waals surface area contributed by atoms with Crippen LogP contribution in [0.4, 0.5) is 0 Å². The first-order chi connectivity index (χ1) is 9.20. The van der Waals surface area contributed by atoms with Gasteiger partial charge in [0.05, 0.1) is 7.11 Å². The summed E-state index contributed by atoms with van der Waals surface area (Å²) >= 11 is 0. The van der Waals surface area contributed by atoms with Crippen LogP contribution in [-0.2, 0) is 0 Å². The summed E-state index contributed by atoms with van der Waals surface area (Å²) in [5, 5.41) is 9.62. The Morgan fingerprint density at radius 3 is 2.53 bits per heavy atom. The highest BCUT2D eigenvalue weighted by Gasteiger charge is 2.06. The van der Waals surface area contributed by atoms with E-state index in [2.05, 4.69) is 0 Å². The zero-order valence-electron chi connectivity index (χ0n) is 10.5. The van der Waals surface area contributed by atoms with Gasteiger partial charge in [-0.2, -0.15) is 0 Å². The lowest BCUT2D eigenvalue weighted by molar-refractivity contribution is 0.104. The molecule has 0 aromatic heterocycles. The van der Waals surface area contributed by atoms with Crippen molar-refractivity contribution >= 4 is 11.9 Å². The van der Waals surface area contributed by atoms with Crippen molar-refractivity contribution in [3.8, 4) is 11.5 Å². The van der Waals surface area contributed by atoms with Crippen molar-refractivity contribution in [2.75, 3.05) is 7.11 Å². The van der Waals surface area contributed by atoms with Gasteiger partial charge in [-0.1, -0.05) is 36.4 Å². The predicted molar refractivity (Wildman–Crippen MR) is 74.5 cm³/mol. The van der Waals surface area contributed by atoms with Crippen LogP contribution in [-0.4, -0.2) is 18.0 Å². The van der Waals surface area contributed by atoms with Crippen molar-refractivity contribution in [2.45, 2.75) is 0 Å². The number of benzene rings is 2. The van der Waals surface area contributed by atoms with Gasteiger partial charge in [-0.15, -0.1) is 0 Å². The van der Waals surface area contributed by atoms with Crippen LogP contribution in [0.25, 0.3) is 6.08 Å². The second kappa shape index (κ2) is 5.87. The van der Waals surface area contributed by atoms with Crippen LogP contribution in [0.2, 0.25) is 0 Å². The standard InChI is InChI=1S/C16H14O3/c1-19-16-10-8-13(11-15(16)18)14(17)9-7-12-5-3-2-4-6-12/h2-11,18H,1H3. The number of ketones is 1. The predicted octanol–water partition coefficient (Wildman–Crippen LogP) is 3.30. The van der Waals surface area contributed by atoms with E-state index in [9.17, 15) is 9.90 Å². The van der Waals surface area contributed by atoms with Crippen LogP contribution in [0.5, 0.6) is 11.5 Å². The number of hydrogen-bond donors (Lipinski definition) is 1. The molecule has 0 heterocycles. The highest BCUT2D eigenvalue weighted by atomic mass is 16.5. The summed E-state index contributed by atoms with van der Waals surface area (Å²) in [6.45, 7) is 0. The summed E-state index contributed by atoms with van der Waals surface area (Å²) in [6.07, 6.45) is 3.22. The van der Waals surface area contributed by atoms with E-state index in [0.29, 0.717) is 11.3 Å². The fraction of sp³-hybridized carbons (Fsp3) is 0.0625. The summed E-state index contributed by atoms with van der Waals surface area (Å²) < 4.78 is 4.93. The molecule has 2 aromatic rings. The highest BCUT2D eigenvalue weighted by Crippen LogP contribution is 2.26. The first-order valence-corrected chi connectivity index (χ1v) is 5.85. The number of phenols is 1. The van der Waals surface area contributed by atoms with Gasteiger partial charge < -0.3 is 9.84 Å². The van der Waals surface area contributed by atoms with Gasteiger partial charge in [-0.25, -0.2) is 0 Å². The SMILES string of the molecule is COc1ccc(C(=O)C=Cc2ccccc2)cc1O. The molecule has 0 unspecified atom stereocenters. The lowest BCUT2D eigenvalue weighted by Crippen LogP contribution is -1.94. The Hall–Kier alpha value is -2.55. The van der Waals surface area contributed by atoms with Crippen molar-refractivity contribution in [1.29, 1.82) is 0 Å². The summed E-state index contributed by atoms with van der Waals surface area (Å²) in [4.78, 5) is 11.9. The Kier molecular flexibility index (Phi) is 3.98. The molecule has 2 aromatic carbocycles. The van der Waals surface area contributed by atoms with Crippen molar-refractivity contribution < 1.29 is 14.6 Å². The molecule has 0 saturated carbocycles. The minimum absolute atomic E-state index is 0.0403. The minimum Gasteiger partial charge on any atom is -0.504 e. The van der Waals surface area contributed by atoms with Crippen LogP contribution < -0.4 is 4.74 Å². The number of hydrogen-bond acceptors (Lipinski definition) is 3. The molecule has 0 saturated heterocycles. The Bertz CT molecular complexity index is 601. The largest absolute Gasteiger partial charge is 0.504 e. The van der Waals surface area contributed by atoms with Gasteiger partial charge in [0.25, 0.3) is 0 Å². The topological polar surface area (TPSA) is 46.5 Å². The molecule has 2 rings (SSSR count). The molecule has 0 spiro atoms. The first-order valence-electron chi connectivity index (χ1n) is 5.85. The fourth-order valence-electron chi connectivity index (χ4n) is 1.68. The van der Waals surface area contributed by atoms with Gasteiger partial charge in [-0.3, -0.25) is 4.79 Å². The third-order valence-corrected chi connectivity index (χ3v) is 2.69. The summed E-state index contributed by atoms with van der Waals surface area (Å²) in [5.74, 6) is 0.145. The molecule has 0 fully saturated rings. The molecule has 0 aliphatic heterocycles. The molecule has 0 aliphatic carbocycles. The van der Waals surface area contributed by atoms with Gasteiger partial charge in [-0.05, 0) is 29.8 Å². The number of rotatable bonds is 4. The summed E-state index contributed by atoms with van der Waals surface area (Å²) in [6, 6.07) is 14.1. The average molecular weight is 254 g/mol. The zero-order chi connectivity index (χ0) is 13.7. The molecule has 96 valence electrons. The van der Waals surface area contributed by atoms with E-state index >= 15 is 0 Å². The third-order valence-electron chi connectivity index (χ3n) is 2.69. The summed E-state index contributed by atoms with van der Waals surface area (Å²) in [5.41, 5.74) is 1.37. The van der Waals surface area contributed by atoms with E-state index in [0.717, 1.165) is 5.56 Å². The lowest BCUT2D eigenvalue weighted by atomic mass is 10.1. The molecule has 19 heavy (non-hydrogen) atoms. The van der Waals surface area contributed by atoms with Crippen molar-refractivity contribution in [3.05, 3.63) is 65.7 Å². The Balaban J connectivity index is 2.16. The molecule has 3 heteroatoms. The monoisotopic (exact) mass is 254 g/mol. The Labute approximate surface area is 111 Å². The molecular weight excluding hydrogens is 240 g/mol. The highest BCUT2D eigenvalue weighted by molar-refractivity contribution is 6.07. The van der Waals surface area contributed by atoms with Gasteiger partial charge in [0, 0.05) is 5.56 Å². The van der Waals surface area contributed by atoms with Gasteiger partial charge in [0.15, 0.2) is 17.3 Å². The average Bonchev–Trinajstić information content (AvgIpc) is 2.45. The van der Waals surface area contributed by atoms with E-state index in [1.165, 1.54) is 19.3 Å². The maximum atomic E-state index is 11.9. The number of allylic oxidation sites excluding steroid dienone is 1. The van der Waals surface area contributed by atoms with E-state index in [1.807, 2.05) is 30.3 Å². The molecule has 1 N–H and O–H groups in total. The quantitative estimate of drug-likeness (QED) is 0.672. The molecule has 0 atom stereocenters. The van der Waals surface area contributed by atoms with E-state index < -0.39 is 0 Å². The third kappa shape index (κ3) is 3.22. The second-order valence-electron chi connectivity index (χ2n) is 3.99.